The Bertz CT molecular complexity index is 477. The zero-order chi connectivity index (χ0) is 13.3. The molecule has 0 aromatic carbocycles. The van der Waals surface area contributed by atoms with Gasteiger partial charge in [0.25, 0.3) is 10.0 Å². The van der Waals surface area contributed by atoms with E-state index in [-0.39, 0.29) is 5.41 Å². The minimum Gasteiger partial charge on any atom is -0.330 e. The van der Waals surface area contributed by atoms with Crippen LogP contribution in [-0.2, 0) is 10.0 Å². The fraction of sp³-hybridized carbons (Fsp3) is 0.636. The number of hydrogen-bond donors (Lipinski definition) is 1. The summed E-state index contributed by atoms with van der Waals surface area (Å²) in [7, 11) is -1.77. The molecule has 0 fully saturated rings. The molecular weight excluding hydrogens is 256 g/mol. The average Bonchev–Trinajstić information content (AvgIpc) is 2.64. The van der Waals surface area contributed by atoms with Gasteiger partial charge in [-0.1, -0.05) is 13.8 Å². The maximum Gasteiger partial charge on any atom is 0.252 e. The van der Waals surface area contributed by atoms with Crippen molar-refractivity contribution in [2.75, 3.05) is 20.1 Å². The van der Waals surface area contributed by atoms with Crippen molar-refractivity contribution < 1.29 is 8.42 Å². The lowest BCUT2D eigenvalue weighted by molar-refractivity contribution is 0.292. The smallest absolute Gasteiger partial charge is 0.252 e. The van der Waals surface area contributed by atoms with Crippen molar-refractivity contribution in [1.82, 2.24) is 4.31 Å². The summed E-state index contributed by atoms with van der Waals surface area (Å²) >= 11 is 1.30. The molecule has 0 amide bonds. The second kappa shape index (κ2) is 5.06. The van der Waals surface area contributed by atoms with Crippen LogP contribution in [0.5, 0.6) is 0 Å². The molecule has 17 heavy (non-hydrogen) atoms. The van der Waals surface area contributed by atoms with Crippen molar-refractivity contribution in [3.05, 3.63) is 17.0 Å². The summed E-state index contributed by atoms with van der Waals surface area (Å²) in [4.78, 5) is 0.995. The second-order valence-corrected chi connectivity index (χ2v) is 8.55. The van der Waals surface area contributed by atoms with Crippen LogP contribution in [0.1, 0.15) is 18.7 Å². The van der Waals surface area contributed by atoms with Crippen LogP contribution in [0.25, 0.3) is 0 Å². The molecule has 2 N–H and O–H groups in total. The zero-order valence-electron chi connectivity index (χ0n) is 10.7. The lowest BCUT2D eigenvalue weighted by Gasteiger charge is -2.28. The molecule has 0 aliphatic rings. The fourth-order valence-electron chi connectivity index (χ4n) is 1.46. The first kappa shape index (κ1) is 14.6. The van der Waals surface area contributed by atoms with Crippen molar-refractivity contribution in [3.63, 3.8) is 0 Å². The largest absolute Gasteiger partial charge is 0.330 e. The molecule has 0 saturated carbocycles. The van der Waals surface area contributed by atoms with Gasteiger partial charge in [0.15, 0.2) is 0 Å². The predicted molar refractivity (Wildman–Crippen MR) is 71.7 cm³/mol. The maximum atomic E-state index is 12.2. The number of nitrogens with two attached hydrogens (primary N) is 1. The van der Waals surface area contributed by atoms with Crippen LogP contribution in [0, 0.1) is 12.3 Å². The Labute approximate surface area is 107 Å². The van der Waals surface area contributed by atoms with Crippen LogP contribution >= 0.6 is 11.3 Å². The molecule has 1 heterocycles. The van der Waals surface area contributed by atoms with Crippen molar-refractivity contribution in [2.24, 2.45) is 11.1 Å². The Morgan fingerprint density at radius 1 is 1.41 bits per heavy atom. The number of rotatable bonds is 5. The molecule has 0 bridgehead atoms. The second-order valence-electron chi connectivity index (χ2n) is 4.99. The van der Waals surface area contributed by atoms with Gasteiger partial charge in [-0.15, -0.1) is 11.3 Å². The molecule has 4 nitrogen and oxygen atoms in total. The van der Waals surface area contributed by atoms with Crippen molar-refractivity contribution in [3.8, 4) is 0 Å². The maximum absolute atomic E-state index is 12.2. The van der Waals surface area contributed by atoms with E-state index in [1.807, 2.05) is 26.8 Å². The molecule has 1 aromatic heterocycles. The Balaban J connectivity index is 2.92. The molecule has 0 unspecified atom stereocenters. The van der Waals surface area contributed by atoms with Gasteiger partial charge in [-0.25, -0.2) is 8.42 Å². The summed E-state index contributed by atoms with van der Waals surface area (Å²) in [6, 6.07) is 3.47. The standard InChI is InChI=1S/C11H20N2O2S2/c1-9-5-6-10(16-9)17(14,15)13(4)8-11(2,3)7-12/h5-6H,7-8,12H2,1-4H3. The van der Waals surface area contributed by atoms with E-state index in [4.69, 9.17) is 5.73 Å². The summed E-state index contributed by atoms with van der Waals surface area (Å²) in [5.74, 6) is 0. The number of nitrogens with zero attached hydrogens (tertiary/aromatic N) is 1. The lowest BCUT2D eigenvalue weighted by Crippen LogP contribution is -2.39. The third kappa shape index (κ3) is 3.51. The molecule has 0 atom stereocenters. The molecule has 1 aromatic rings. The van der Waals surface area contributed by atoms with Gasteiger partial charge in [0.1, 0.15) is 4.21 Å². The Kier molecular flexibility index (Phi) is 4.35. The summed E-state index contributed by atoms with van der Waals surface area (Å²) in [6.45, 7) is 6.68. The van der Waals surface area contributed by atoms with E-state index in [9.17, 15) is 8.42 Å². The molecule has 0 aliphatic heterocycles. The van der Waals surface area contributed by atoms with Crippen LogP contribution < -0.4 is 5.73 Å². The van der Waals surface area contributed by atoms with Crippen molar-refractivity contribution in [2.45, 2.75) is 25.0 Å². The number of sulfonamides is 1. The molecule has 98 valence electrons. The molecular formula is C11H20N2O2S2. The SMILES string of the molecule is Cc1ccc(S(=O)(=O)N(C)CC(C)(C)CN)s1. The Hall–Kier alpha value is -0.430. The quantitative estimate of drug-likeness (QED) is 0.889. The van der Waals surface area contributed by atoms with E-state index in [2.05, 4.69) is 0 Å². The predicted octanol–water partition coefficient (Wildman–Crippen LogP) is 1.66. The molecule has 1 rings (SSSR count). The van der Waals surface area contributed by atoms with Gasteiger partial charge < -0.3 is 5.73 Å². The minimum absolute atomic E-state index is 0.214. The summed E-state index contributed by atoms with van der Waals surface area (Å²) in [5, 5.41) is 0. The van der Waals surface area contributed by atoms with Crippen molar-refractivity contribution >= 4 is 21.4 Å². The highest BCUT2D eigenvalue weighted by Crippen LogP contribution is 2.25. The first-order chi connectivity index (χ1) is 7.69. The third-order valence-corrected chi connectivity index (χ3v) is 5.86. The number of aryl methyl sites for hydroxylation is 1. The van der Waals surface area contributed by atoms with E-state index in [0.29, 0.717) is 17.3 Å². The normalized spacial score (nSPS) is 13.3. The van der Waals surface area contributed by atoms with Gasteiger partial charge in [-0.3, -0.25) is 0 Å². The highest BCUT2D eigenvalue weighted by atomic mass is 32.2. The van der Waals surface area contributed by atoms with Crippen molar-refractivity contribution in [1.29, 1.82) is 0 Å². The van der Waals surface area contributed by atoms with Crippen LogP contribution in [-0.4, -0.2) is 32.9 Å². The minimum atomic E-state index is -3.37. The Morgan fingerprint density at radius 2 is 2.00 bits per heavy atom. The lowest BCUT2D eigenvalue weighted by atomic mass is 9.94. The first-order valence-electron chi connectivity index (χ1n) is 5.42. The zero-order valence-corrected chi connectivity index (χ0v) is 12.4. The fourth-order valence-corrected chi connectivity index (χ4v) is 4.31. The van der Waals surface area contributed by atoms with Gasteiger partial charge in [-0.2, -0.15) is 4.31 Å². The van der Waals surface area contributed by atoms with E-state index in [0.717, 1.165) is 4.88 Å². The van der Waals surface area contributed by atoms with Crippen LogP contribution in [0.2, 0.25) is 0 Å². The molecule has 0 radical (unpaired) electrons. The monoisotopic (exact) mass is 276 g/mol. The van der Waals surface area contributed by atoms with Crippen LogP contribution in [0.3, 0.4) is 0 Å². The van der Waals surface area contributed by atoms with Gasteiger partial charge in [0.05, 0.1) is 0 Å². The summed E-state index contributed by atoms with van der Waals surface area (Å²) in [6.07, 6.45) is 0. The molecule has 6 heteroatoms. The van der Waals surface area contributed by atoms with E-state index < -0.39 is 10.0 Å². The first-order valence-corrected chi connectivity index (χ1v) is 7.67. The van der Waals surface area contributed by atoms with E-state index in [1.165, 1.54) is 15.6 Å². The van der Waals surface area contributed by atoms with E-state index in [1.54, 1.807) is 13.1 Å². The van der Waals surface area contributed by atoms with E-state index >= 15 is 0 Å². The highest BCUT2D eigenvalue weighted by Gasteiger charge is 2.27. The molecule has 0 aliphatic carbocycles. The van der Waals surface area contributed by atoms with Gasteiger partial charge in [-0.05, 0) is 31.0 Å². The molecule has 0 spiro atoms. The highest BCUT2D eigenvalue weighted by molar-refractivity contribution is 7.91. The Morgan fingerprint density at radius 3 is 2.41 bits per heavy atom. The number of thiophene rings is 1. The number of hydrogen-bond acceptors (Lipinski definition) is 4. The van der Waals surface area contributed by atoms with Crippen LogP contribution in [0.15, 0.2) is 16.3 Å². The summed E-state index contributed by atoms with van der Waals surface area (Å²) < 4.78 is 26.2. The van der Waals surface area contributed by atoms with Gasteiger partial charge in [0, 0.05) is 18.5 Å². The van der Waals surface area contributed by atoms with Crippen LogP contribution in [0.4, 0.5) is 0 Å². The van der Waals surface area contributed by atoms with Gasteiger partial charge >= 0.3 is 0 Å². The average molecular weight is 276 g/mol. The third-order valence-electron chi connectivity index (χ3n) is 2.58. The van der Waals surface area contributed by atoms with Gasteiger partial charge in [0.2, 0.25) is 0 Å². The topological polar surface area (TPSA) is 63.4 Å². The summed E-state index contributed by atoms with van der Waals surface area (Å²) in [5.41, 5.74) is 5.41. The molecule has 0 saturated heterocycles.